The molecule has 1 aliphatic heterocycles. The number of carbonyl (C=O) groups is 2. The molecule has 2 amide bonds. The van der Waals surface area contributed by atoms with Gasteiger partial charge in [-0.3, -0.25) is 9.59 Å². The molecule has 1 unspecified atom stereocenters. The molecule has 0 aliphatic carbocycles. The minimum absolute atomic E-state index is 0.0277. The molecule has 1 saturated heterocycles. The van der Waals surface area contributed by atoms with Crippen LogP contribution in [0.25, 0.3) is 0 Å². The quantitative estimate of drug-likeness (QED) is 0.744. The summed E-state index contributed by atoms with van der Waals surface area (Å²) in [5.74, 6) is 0.181. The van der Waals surface area contributed by atoms with Gasteiger partial charge in [0.1, 0.15) is 0 Å². The van der Waals surface area contributed by atoms with Crippen molar-refractivity contribution >= 4 is 11.8 Å². The lowest BCUT2D eigenvalue weighted by atomic mass is 9.96. The molecule has 1 atom stereocenters. The van der Waals surface area contributed by atoms with Gasteiger partial charge in [-0.1, -0.05) is 20.8 Å². The zero-order chi connectivity index (χ0) is 14.5. The van der Waals surface area contributed by atoms with Crippen LogP contribution in [0.2, 0.25) is 0 Å². The van der Waals surface area contributed by atoms with Crippen LogP contribution >= 0.6 is 0 Å². The molecule has 1 heterocycles. The average molecular weight is 269 g/mol. The van der Waals surface area contributed by atoms with Crippen molar-refractivity contribution in [3.63, 3.8) is 0 Å². The Morgan fingerprint density at radius 2 is 2.05 bits per heavy atom. The van der Waals surface area contributed by atoms with Crippen LogP contribution < -0.4 is 11.1 Å². The summed E-state index contributed by atoms with van der Waals surface area (Å²) in [5, 5.41) is 2.86. The molecule has 0 saturated carbocycles. The summed E-state index contributed by atoms with van der Waals surface area (Å²) in [4.78, 5) is 25.4. The molecule has 0 aromatic carbocycles. The molecule has 5 nitrogen and oxygen atoms in total. The summed E-state index contributed by atoms with van der Waals surface area (Å²) < 4.78 is 0. The van der Waals surface area contributed by atoms with Crippen molar-refractivity contribution in [2.45, 2.75) is 52.5 Å². The van der Waals surface area contributed by atoms with Gasteiger partial charge in [0.15, 0.2) is 0 Å². The van der Waals surface area contributed by atoms with E-state index in [1.54, 1.807) is 0 Å². The highest BCUT2D eigenvalue weighted by molar-refractivity contribution is 5.81. The van der Waals surface area contributed by atoms with Crippen LogP contribution in [0, 0.1) is 5.41 Å². The molecule has 19 heavy (non-hydrogen) atoms. The van der Waals surface area contributed by atoms with Gasteiger partial charge in [-0.25, -0.2) is 0 Å². The fraction of sp³-hybridized carbons (Fsp3) is 0.857. The minimum atomic E-state index is -0.371. The maximum absolute atomic E-state index is 11.9. The normalized spacial score (nSPS) is 20.2. The minimum Gasteiger partial charge on any atom is -0.356 e. The molecule has 110 valence electrons. The van der Waals surface area contributed by atoms with Crippen molar-refractivity contribution in [3.05, 3.63) is 0 Å². The number of nitrogens with zero attached hydrogens (tertiary/aromatic N) is 1. The molecule has 0 radical (unpaired) electrons. The van der Waals surface area contributed by atoms with Gasteiger partial charge in [0, 0.05) is 37.5 Å². The highest BCUT2D eigenvalue weighted by atomic mass is 16.2. The van der Waals surface area contributed by atoms with Crippen LogP contribution in [0.1, 0.15) is 46.5 Å². The number of hydrogen-bond donors (Lipinski definition) is 2. The second-order valence-electron chi connectivity index (χ2n) is 6.35. The molecule has 3 N–H and O–H groups in total. The van der Waals surface area contributed by atoms with E-state index in [9.17, 15) is 9.59 Å². The van der Waals surface area contributed by atoms with E-state index in [1.165, 1.54) is 0 Å². The molecule has 1 fully saturated rings. The van der Waals surface area contributed by atoms with Crippen LogP contribution in [-0.4, -0.2) is 42.4 Å². The molecule has 0 spiro atoms. The van der Waals surface area contributed by atoms with Crippen LogP contribution in [-0.2, 0) is 9.59 Å². The SMILES string of the molecule is CC(C)(C)C(=O)NCCCC(=O)N1CCCC(N)C1. The number of amides is 2. The van der Waals surface area contributed by atoms with Crippen LogP contribution in [0.5, 0.6) is 0 Å². The van der Waals surface area contributed by atoms with Gasteiger partial charge in [-0.15, -0.1) is 0 Å². The molecule has 0 aromatic rings. The summed E-state index contributed by atoms with van der Waals surface area (Å²) in [6, 6.07) is 0.123. The van der Waals surface area contributed by atoms with E-state index in [2.05, 4.69) is 5.32 Å². The lowest BCUT2D eigenvalue weighted by Crippen LogP contribution is -2.45. The van der Waals surface area contributed by atoms with Gasteiger partial charge < -0.3 is 16.0 Å². The third-order valence-electron chi connectivity index (χ3n) is 3.34. The van der Waals surface area contributed by atoms with Crippen LogP contribution in [0.4, 0.5) is 0 Å². The Morgan fingerprint density at radius 3 is 2.63 bits per heavy atom. The molecule has 0 bridgehead atoms. The predicted octanol–water partition coefficient (Wildman–Crippen LogP) is 0.879. The number of nitrogens with two attached hydrogens (primary N) is 1. The van der Waals surface area contributed by atoms with Gasteiger partial charge in [0.05, 0.1) is 0 Å². The average Bonchev–Trinajstić information content (AvgIpc) is 2.32. The molecule has 0 aromatic heterocycles. The standard InChI is InChI=1S/C14H27N3O2/c1-14(2,3)13(19)16-8-4-7-12(18)17-9-5-6-11(15)10-17/h11H,4-10,15H2,1-3H3,(H,16,19). The number of nitrogens with one attached hydrogen (secondary N) is 1. The first-order valence-corrected chi connectivity index (χ1v) is 7.12. The van der Waals surface area contributed by atoms with E-state index < -0.39 is 0 Å². The second-order valence-corrected chi connectivity index (χ2v) is 6.35. The maximum atomic E-state index is 11.9. The summed E-state index contributed by atoms with van der Waals surface area (Å²) in [5.41, 5.74) is 5.48. The van der Waals surface area contributed by atoms with Crippen molar-refractivity contribution in [1.29, 1.82) is 0 Å². The molecular weight excluding hydrogens is 242 g/mol. The van der Waals surface area contributed by atoms with E-state index in [-0.39, 0.29) is 23.3 Å². The third kappa shape index (κ3) is 5.59. The van der Waals surface area contributed by atoms with E-state index >= 15 is 0 Å². The lowest BCUT2D eigenvalue weighted by molar-refractivity contribution is -0.133. The van der Waals surface area contributed by atoms with Gasteiger partial charge in [-0.2, -0.15) is 0 Å². The fourth-order valence-electron chi connectivity index (χ4n) is 2.10. The van der Waals surface area contributed by atoms with E-state index in [4.69, 9.17) is 5.73 Å². The van der Waals surface area contributed by atoms with Gasteiger partial charge in [0.25, 0.3) is 0 Å². The second kappa shape index (κ2) is 6.89. The first-order chi connectivity index (χ1) is 8.80. The van der Waals surface area contributed by atoms with E-state index in [0.29, 0.717) is 25.9 Å². The van der Waals surface area contributed by atoms with Crippen LogP contribution in [0.3, 0.4) is 0 Å². The topological polar surface area (TPSA) is 75.4 Å². The van der Waals surface area contributed by atoms with Crippen molar-refractivity contribution in [2.24, 2.45) is 11.1 Å². The van der Waals surface area contributed by atoms with Crippen molar-refractivity contribution in [1.82, 2.24) is 10.2 Å². The Labute approximate surface area is 115 Å². The highest BCUT2D eigenvalue weighted by Crippen LogP contribution is 2.13. The Bertz CT molecular complexity index is 323. The summed E-state index contributed by atoms with van der Waals surface area (Å²) in [6.07, 6.45) is 3.17. The smallest absolute Gasteiger partial charge is 0.225 e. The van der Waals surface area contributed by atoms with Crippen LogP contribution in [0.15, 0.2) is 0 Å². The Balaban J connectivity index is 2.19. The largest absolute Gasteiger partial charge is 0.356 e. The summed E-state index contributed by atoms with van der Waals surface area (Å²) >= 11 is 0. The zero-order valence-corrected chi connectivity index (χ0v) is 12.4. The third-order valence-corrected chi connectivity index (χ3v) is 3.34. The summed E-state index contributed by atoms with van der Waals surface area (Å²) in [7, 11) is 0. The fourth-order valence-corrected chi connectivity index (χ4v) is 2.10. The lowest BCUT2D eigenvalue weighted by Gasteiger charge is -2.30. The number of likely N-dealkylation sites (tertiary alicyclic amines) is 1. The first kappa shape index (κ1) is 16.0. The van der Waals surface area contributed by atoms with Gasteiger partial charge in [0.2, 0.25) is 11.8 Å². The molecule has 5 heteroatoms. The molecule has 1 aliphatic rings. The number of carbonyl (C=O) groups excluding carboxylic acids is 2. The number of piperidine rings is 1. The first-order valence-electron chi connectivity index (χ1n) is 7.12. The van der Waals surface area contributed by atoms with Crippen molar-refractivity contribution in [3.8, 4) is 0 Å². The monoisotopic (exact) mass is 269 g/mol. The summed E-state index contributed by atoms with van der Waals surface area (Å²) in [6.45, 7) is 7.68. The zero-order valence-electron chi connectivity index (χ0n) is 12.4. The Hall–Kier alpha value is -1.10. The maximum Gasteiger partial charge on any atom is 0.225 e. The van der Waals surface area contributed by atoms with Gasteiger partial charge in [-0.05, 0) is 19.3 Å². The van der Waals surface area contributed by atoms with Crippen molar-refractivity contribution in [2.75, 3.05) is 19.6 Å². The highest BCUT2D eigenvalue weighted by Gasteiger charge is 2.22. The Morgan fingerprint density at radius 1 is 1.37 bits per heavy atom. The molecule has 1 rings (SSSR count). The molecular formula is C14H27N3O2. The number of hydrogen-bond acceptors (Lipinski definition) is 3. The Kier molecular flexibility index (Phi) is 5.79. The van der Waals surface area contributed by atoms with Gasteiger partial charge >= 0.3 is 0 Å². The predicted molar refractivity (Wildman–Crippen MR) is 75.5 cm³/mol. The number of rotatable bonds is 4. The van der Waals surface area contributed by atoms with E-state index in [0.717, 1.165) is 19.4 Å². The van der Waals surface area contributed by atoms with Crippen molar-refractivity contribution < 1.29 is 9.59 Å². The van der Waals surface area contributed by atoms with E-state index in [1.807, 2.05) is 25.7 Å².